The molecule has 2 nitrogen and oxygen atoms in total. The van der Waals surface area contributed by atoms with E-state index in [1.807, 2.05) is 6.92 Å². The second-order valence-corrected chi connectivity index (χ2v) is 2.23. The van der Waals surface area contributed by atoms with Crippen molar-refractivity contribution >= 4 is 12.6 Å². The van der Waals surface area contributed by atoms with Gasteiger partial charge in [0.2, 0.25) is 0 Å². The third kappa shape index (κ3) is 4.43. The highest BCUT2D eigenvalue weighted by Crippen LogP contribution is 1.92. The number of aliphatic hydroxyl groups is 1. The molecule has 1 unspecified atom stereocenters. The molecule has 0 amide bonds. The maximum Gasteiger partial charge on any atom is 0.0604 e. The molecule has 3 heteroatoms. The van der Waals surface area contributed by atoms with Crippen LogP contribution in [0.3, 0.4) is 0 Å². The SMILES string of the molecule is CCOCC(S)CO. The van der Waals surface area contributed by atoms with Gasteiger partial charge in [-0.25, -0.2) is 0 Å². The lowest BCUT2D eigenvalue weighted by Crippen LogP contribution is -2.12. The third-order valence-electron chi connectivity index (χ3n) is 0.725. The van der Waals surface area contributed by atoms with Gasteiger partial charge in [0, 0.05) is 11.9 Å². The molecule has 0 saturated carbocycles. The molecule has 0 aromatic carbocycles. The van der Waals surface area contributed by atoms with Crippen molar-refractivity contribution in [2.24, 2.45) is 0 Å². The van der Waals surface area contributed by atoms with Crippen molar-refractivity contribution in [2.45, 2.75) is 12.2 Å². The first-order chi connectivity index (χ1) is 3.81. The van der Waals surface area contributed by atoms with Crippen LogP contribution in [0.25, 0.3) is 0 Å². The second kappa shape index (κ2) is 5.41. The van der Waals surface area contributed by atoms with Gasteiger partial charge in [-0.3, -0.25) is 0 Å². The van der Waals surface area contributed by atoms with E-state index in [1.54, 1.807) is 0 Å². The van der Waals surface area contributed by atoms with E-state index in [0.717, 1.165) is 0 Å². The Morgan fingerprint density at radius 3 is 2.75 bits per heavy atom. The Balaban J connectivity index is 2.86. The van der Waals surface area contributed by atoms with E-state index in [0.29, 0.717) is 13.2 Å². The van der Waals surface area contributed by atoms with Crippen molar-refractivity contribution < 1.29 is 9.84 Å². The first-order valence-electron chi connectivity index (χ1n) is 2.68. The quantitative estimate of drug-likeness (QED) is 0.545. The Morgan fingerprint density at radius 1 is 1.75 bits per heavy atom. The number of thiol groups is 1. The molecule has 0 aliphatic heterocycles. The van der Waals surface area contributed by atoms with Crippen LogP contribution in [0.5, 0.6) is 0 Å². The fourth-order valence-electron chi connectivity index (χ4n) is 0.307. The van der Waals surface area contributed by atoms with Gasteiger partial charge in [-0.15, -0.1) is 0 Å². The van der Waals surface area contributed by atoms with Gasteiger partial charge in [0.25, 0.3) is 0 Å². The molecule has 0 fully saturated rings. The van der Waals surface area contributed by atoms with Crippen molar-refractivity contribution in [3.05, 3.63) is 0 Å². The van der Waals surface area contributed by atoms with Crippen LogP contribution in [0.2, 0.25) is 0 Å². The summed E-state index contributed by atoms with van der Waals surface area (Å²) in [6, 6.07) is 0. The lowest BCUT2D eigenvalue weighted by Gasteiger charge is -2.04. The third-order valence-corrected chi connectivity index (χ3v) is 1.04. The summed E-state index contributed by atoms with van der Waals surface area (Å²) in [7, 11) is 0. The zero-order valence-corrected chi connectivity index (χ0v) is 5.90. The molecule has 0 aromatic rings. The van der Waals surface area contributed by atoms with E-state index in [4.69, 9.17) is 9.84 Å². The number of hydrogen-bond acceptors (Lipinski definition) is 3. The first kappa shape index (κ1) is 8.27. The van der Waals surface area contributed by atoms with E-state index in [-0.39, 0.29) is 11.9 Å². The average molecular weight is 136 g/mol. The monoisotopic (exact) mass is 136 g/mol. The van der Waals surface area contributed by atoms with E-state index in [1.165, 1.54) is 0 Å². The second-order valence-electron chi connectivity index (χ2n) is 1.50. The van der Waals surface area contributed by atoms with Crippen LogP contribution in [0.15, 0.2) is 0 Å². The number of hydrogen-bond donors (Lipinski definition) is 2. The molecule has 0 spiro atoms. The van der Waals surface area contributed by atoms with Crippen LogP contribution >= 0.6 is 12.6 Å². The molecule has 0 heterocycles. The normalized spacial score (nSPS) is 13.9. The predicted octanol–water partition coefficient (Wildman–Crippen LogP) is 0.314. The minimum atomic E-state index is -0.0186. The summed E-state index contributed by atoms with van der Waals surface area (Å²) in [5.41, 5.74) is 0. The van der Waals surface area contributed by atoms with Gasteiger partial charge >= 0.3 is 0 Å². The highest BCUT2D eigenvalue weighted by atomic mass is 32.1. The number of ether oxygens (including phenoxy) is 1. The fourth-order valence-corrected chi connectivity index (χ4v) is 0.412. The molecule has 0 aliphatic carbocycles. The maximum absolute atomic E-state index is 8.41. The molecule has 0 saturated heterocycles. The molecule has 0 rings (SSSR count). The van der Waals surface area contributed by atoms with E-state index in [9.17, 15) is 0 Å². The van der Waals surface area contributed by atoms with Crippen LogP contribution in [-0.4, -0.2) is 30.2 Å². The lowest BCUT2D eigenvalue weighted by atomic mass is 10.5. The summed E-state index contributed by atoms with van der Waals surface area (Å²) in [6.45, 7) is 3.23. The van der Waals surface area contributed by atoms with Gasteiger partial charge in [0.15, 0.2) is 0 Å². The molecule has 1 N–H and O–H groups in total. The molecule has 50 valence electrons. The summed E-state index contributed by atoms with van der Waals surface area (Å²) in [6.07, 6.45) is 0. The maximum atomic E-state index is 8.41. The number of aliphatic hydroxyl groups excluding tert-OH is 1. The van der Waals surface area contributed by atoms with Gasteiger partial charge in [0.05, 0.1) is 13.2 Å². The Labute approximate surface area is 55.3 Å². The van der Waals surface area contributed by atoms with Crippen molar-refractivity contribution in [1.82, 2.24) is 0 Å². The fraction of sp³-hybridized carbons (Fsp3) is 1.00. The zero-order chi connectivity index (χ0) is 6.41. The smallest absolute Gasteiger partial charge is 0.0604 e. The average Bonchev–Trinajstić information content (AvgIpc) is 1.83. The molecule has 0 aromatic heterocycles. The largest absolute Gasteiger partial charge is 0.395 e. The summed E-state index contributed by atoms with van der Waals surface area (Å²) in [5.74, 6) is 0. The molecular weight excluding hydrogens is 124 g/mol. The van der Waals surface area contributed by atoms with E-state index < -0.39 is 0 Å². The van der Waals surface area contributed by atoms with Crippen molar-refractivity contribution in [3.8, 4) is 0 Å². The van der Waals surface area contributed by atoms with Crippen LogP contribution in [0.4, 0.5) is 0 Å². The van der Waals surface area contributed by atoms with Gasteiger partial charge in [0.1, 0.15) is 0 Å². The molecule has 0 aliphatic rings. The molecule has 0 bridgehead atoms. The Morgan fingerprint density at radius 2 is 2.38 bits per heavy atom. The minimum absolute atomic E-state index is 0.0186. The molecule has 8 heavy (non-hydrogen) atoms. The van der Waals surface area contributed by atoms with Crippen molar-refractivity contribution in [3.63, 3.8) is 0 Å². The van der Waals surface area contributed by atoms with Crippen molar-refractivity contribution in [1.29, 1.82) is 0 Å². The van der Waals surface area contributed by atoms with Gasteiger partial charge in [-0.1, -0.05) is 0 Å². The predicted molar refractivity (Wildman–Crippen MR) is 36.4 cm³/mol. The first-order valence-corrected chi connectivity index (χ1v) is 3.19. The van der Waals surface area contributed by atoms with Gasteiger partial charge < -0.3 is 9.84 Å². The standard InChI is InChI=1S/C5H12O2S/c1-2-7-4-5(8)3-6/h5-6,8H,2-4H2,1H3. The molecule has 0 radical (unpaired) electrons. The highest BCUT2D eigenvalue weighted by molar-refractivity contribution is 7.81. The van der Waals surface area contributed by atoms with Crippen molar-refractivity contribution in [2.75, 3.05) is 19.8 Å². The minimum Gasteiger partial charge on any atom is -0.395 e. The highest BCUT2D eigenvalue weighted by Gasteiger charge is 1.97. The number of rotatable bonds is 4. The Kier molecular flexibility index (Phi) is 5.59. The lowest BCUT2D eigenvalue weighted by molar-refractivity contribution is 0.132. The Hall–Kier alpha value is 0.270. The van der Waals surface area contributed by atoms with E-state index >= 15 is 0 Å². The summed E-state index contributed by atoms with van der Waals surface area (Å²) in [4.78, 5) is 0. The Bertz CT molecular complexity index is 49.7. The zero-order valence-electron chi connectivity index (χ0n) is 5.00. The topological polar surface area (TPSA) is 29.5 Å². The van der Waals surface area contributed by atoms with Gasteiger partial charge in [-0.05, 0) is 6.92 Å². The summed E-state index contributed by atoms with van der Waals surface area (Å²) < 4.78 is 4.95. The van der Waals surface area contributed by atoms with Crippen LogP contribution in [0.1, 0.15) is 6.92 Å². The van der Waals surface area contributed by atoms with Gasteiger partial charge in [-0.2, -0.15) is 12.6 Å². The van der Waals surface area contributed by atoms with E-state index in [2.05, 4.69) is 12.6 Å². The van der Waals surface area contributed by atoms with Crippen LogP contribution < -0.4 is 0 Å². The van der Waals surface area contributed by atoms with Crippen LogP contribution in [-0.2, 0) is 4.74 Å². The van der Waals surface area contributed by atoms with Crippen LogP contribution in [0, 0.1) is 0 Å². The molecule has 1 atom stereocenters. The summed E-state index contributed by atoms with van der Waals surface area (Å²) >= 11 is 3.99. The molecular formula is C5H12O2S. The summed E-state index contributed by atoms with van der Waals surface area (Å²) in [5, 5.41) is 8.39.